The molecule has 0 aromatic carbocycles. The van der Waals surface area contributed by atoms with Crippen molar-refractivity contribution in [2.24, 2.45) is 23.4 Å². The van der Waals surface area contributed by atoms with Crippen molar-refractivity contribution in [1.29, 1.82) is 0 Å². The fourth-order valence-corrected chi connectivity index (χ4v) is 5.03. The second-order valence-electron chi connectivity index (χ2n) is 8.56. The van der Waals surface area contributed by atoms with Crippen LogP contribution in [0.3, 0.4) is 0 Å². The number of halogens is 1. The van der Waals surface area contributed by atoms with E-state index in [2.05, 4.69) is 45.7 Å². The van der Waals surface area contributed by atoms with Gasteiger partial charge in [-0.1, -0.05) is 13.8 Å². The van der Waals surface area contributed by atoms with Gasteiger partial charge in [0.15, 0.2) is 5.96 Å². The molecule has 4 unspecified atom stereocenters. The first-order chi connectivity index (χ1) is 12.5. The van der Waals surface area contributed by atoms with Crippen LogP contribution in [0.1, 0.15) is 33.1 Å². The highest BCUT2D eigenvalue weighted by molar-refractivity contribution is 14.0. The van der Waals surface area contributed by atoms with Gasteiger partial charge in [0.05, 0.1) is 18.0 Å². The highest BCUT2D eigenvalue weighted by atomic mass is 127. The Balaban J connectivity index is 0.00000210. The van der Waals surface area contributed by atoms with Gasteiger partial charge in [-0.15, -0.1) is 24.0 Å². The molecule has 1 saturated carbocycles. The molecule has 0 spiro atoms. The van der Waals surface area contributed by atoms with Crippen molar-refractivity contribution >= 4 is 35.6 Å². The molecule has 0 bridgehead atoms. The van der Waals surface area contributed by atoms with Gasteiger partial charge in [0.2, 0.25) is 0 Å². The number of aryl methyl sites for hydroxylation is 1. The van der Waals surface area contributed by atoms with Crippen LogP contribution in [-0.2, 0) is 11.8 Å². The monoisotopic (exact) mass is 488 g/mol. The van der Waals surface area contributed by atoms with Crippen LogP contribution >= 0.6 is 24.0 Å². The number of anilines is 1. The van der Waals surface area contributed by atoms with Crippen LogP contribution in [0.5, 0.6) is 0 Å². The third-order valence-corrected chi connectivity index (χ3v) is 6.43. The summed E-state index contributed by atoms with van der Waals surface area (Å²) in [5, 5.41) is 11.7. The van der Waals surface area contributed by atoms with Crippen molar-refractivity contribution in [3.63, 3.8) is 0 Å². The maximum absolute atomic E-state index is 5.91. The van der Waals surface area contributed by atoms with Gasteiger partial charge in [-0.3, -0.25) is 9.67 Å². The number of hydrogen-bond donors (Lipinski definition) is 2. The fourth-order valence-electron chi connectivity index (χ4n) is 5.03. The Morgan fingerprint density at radius 2 is 2.15 bits per heavy atom. The maximum Gasteiger partial charge on any atom is 0.191 e. The average molecular weight is 488 g/mol. The van der Waals surface area contributed by atoms with E-state index < -0.39 is 0 Å². The lowest BCUT2D eigenvalue weighted by atomic mass is 9.57. The van der Waals surface area contributed by atoms with E-state index in [9.17, 15) is 0 Å². The maximum atomic E-state index is 5.91. The first-order valence-electron chi connectivity index (χ1n) is 9.84. The summed E-state index contributed by atoms with van der Waals surface area (Å²) in [5.41, 5.74) is 1.36. The number of nitrogens with one attached hydrogen (secondary N) is 2. The van der Waals surface area contributed by atoms with Gasteiger partial charge in [0.1, 0.15) is 0 Å². The van der Waals surface area contributed by atoms with Gasteiger partial charge in [-0.25, -0.2) is 0 Å². The molecule has 3 fully saturated rings. The minimum atomic E-state index is 0. The number of hydrogen-bond acceptors (Lipinski definition) is 4. The average Bonchev–Trinajstić information content (AvgIpc) is 3.26. The van der Waals surface area contributed by atoms with E-state index in [0.717, 1.165) is 32.1 Å². The highest BCUT2D eigenvalue weighted by Crippen LogP contribution is 2.52. The molecule has 1 aromatic rings. The molecule has 0 radical (unpaired) electrons. The predicted octanol–water partition coefficient (Wildman–Crippen LogP) is 1.99. The number of guanidine groups is 1. The first kappa shape index (κ1) is 20.7. The topological polar surface area (TPSA) is 66.7 Å². The van der Waals surface area contributed by atoms with Gasteiger partial charge in [0, 0.05) is 63.4 Å². The Morgan fingerprint density at radius 3 is 2.85 bits per heavy atom. The summed E-state index contributed by atoms with van der Waals surface area (Å²) < 4.78 is 7.78. The van der Waals surface area contributed by atoms with E-state index in [-0.39, 0.29) is 29.4 Å². The summed E-state index contributed by atoms with van der Waals surface area (Å²) in [6.07, 6.45) is 7.94. The predicted molar refractivity (Wildman–Crippen MR) is 119 cm³/mol. The number of nitrogens with zero attached hydrogens (tertiary/aromatic N) is 4. The van der Waals surface area contributed by atoms with E-state index in [1.54, 1.807) is 0 Å². The van der Waals surface area contributed by atoms with E-state index in [0.29, 0.717) is 24.1 Å². The van der Waals surface area contributed by atoms with Gasteiger partial charge in [0.25, 0.3) is 0 Å². The van der Waals surface area contributed by atoms with Crippen molar-refractivity contribution in [2.75, 3.05) is 31.6 Å². The second kappa shape index (κ2) is 8.14. The van der Waals surface area contributed by atoms with E-state index in [4.69, 9.17) is 4.74 Å². The Bertz CT molecular complexity index is 675. The molecule has 4 atom stereocenters. The zero-order valence-corrected chi connectivity index (χ0v) is 19.1. The number of rotatable bonds is 3. The molecule has 7 nitrogen and oxygen atoms in total. The first-order valence-corrected chi connectivity index (χ1v) is 9.84. The van der Waals surface area contributed by atoms with Crippen LogP contribution in [0.25, 0.3) is 0 Å². The zero-order chi connectivity index (χ0) is 18.3. The summed E-state index contributed by atoms with van der Waals surface area (Å²) in [4.78, 5) is 6.92. The lowest BCUT2D eigenvalue weighted by Crippen LogP contribution is -2.68. The van der Waals surface area contributed by atoms with Gasteiger partial charge in [-0.2, -0.15) is 5.10 Å². The molecule has 2 saturated heterocycles. The molecule has 2 aliphatic heterocycles. The molecular weight excluding hydrogens is 455 g/mol. The normalized spacial score (nSPS) is 32.3. The largest absolute Gasteiger partial charge is 0.377 e. The molecule has 4 rings (SSSR count). The van der Waals surface area contributed by atoms with Crippen LogP contribution in [-0.4, -0.2) is 60.7 Å². The van der Waals surface area contributed by atoms with E-state index >= 15 is 0 Å². The van der Waals surface area contributed by atoms with Crippen LogP contribution in [0.15, 0.2) is 17.4 Å². The quantitative estimate of drug-likeness (QED) is 0.387. The smallest absolute Gasteiger partial charge is 0.191 e. The Hall–Kier alpha value is -1.03. The summed E-state index contributed by atoms with van der Waals surface area (Å²) >= 11 is 0. The standard InChI is InChI=1S/C19H32N6O.HI/c1-19(2)16(15-7-9-26-17(15)19)23-18(20-3)22-13-6-5-8-25(11-13)14-10-21-24(4)12-14;/h10,12-13,15-17H,5-9,11H2,1-4H3,(H2,20,22,23);1H. The lowest BCUT2D eigenvalue weighted by Gasteiger charge is -2.55. The molecule has 3 aliphatic rings. The molecule has 152 valence electrons. The Labute approximate surface area is 179 Å². The van der Waals surface area contributed by atoms with E-state index in [1.807, 2.05) is 25.0 Å². The molecule has 2 N–H and O–H groups in total. The van der Waals surface area contributed by atoms with Crippen molar-refractivity contribution in [3.05, 3.63) is 12.4 Å². The van der Waals surface area contributed by atoms with Crippen LogP contribution in [0.4, 0.5) is 5.69 Å². The van der Waals surface area contributed by atoms with Crippen LogP contribution < -0.4 is 15.5 Å². The zero-order valence-electron chi connectivity index (χ0n) is 16.8. The molecular formula is C19H33IN6O. The van der Waals surface area contributed by atoms with Crippen molar-refractivity contribution in [3.8, 4) is 0 Å². The Kier molecular flexibility index (Phi) is 6.24. The van der Waals surface area contributed by atoms with Gasteiger partial charge < -0.3 is 20.3 Å². The summed E-state index contributed by atoms with van der Waals surface area (Å²) in [7, 11) is 3.83. The number of aromatic nitrogens is 2. The molecule has 27 heavy (non-hydrogen) atoms. The third-order valence-electron chi connectivity index (χ3n) is 6.43. The van der Waals surface area contributed by atoms with Crippen molar-refractivity contribution < 1.29 is 4.74 Å². The highest BCUT2D eigenvalue weighted by Gasteiger charge is 2.59. The van der Waals surface area contributed by atoms with Crippen molar-refractivity contribution in [2.45, 2.75) is 51.3 Å². The SMILES string of the molecule is CN=C(NC1CCCN(c2cnn(C)c2)C1)NC1C2CCOC2C1(C)C.I. The summed E-state index contributed by atoms with van der Waals surface area (Å²) in [5.74, 6) is 1.54. The number of ether oxygens (including phenoxy) is 1. The van der Waals surface area contributed by atoms with Crippen molar-refractivity contribution in [1.82, 2.24) is 20.4 Å². The molecule has 1 aromatic heterocycles. The number of piperidine rings is 1. The molecule has 0 amide bonds. The van der Waals surface area contributed by atoms with E-state index in [1.165, 1.54) is 18.5 Å². The van der Waals surface area contributed by atoms with Gasteiger partial charge >= 0.3 is 0 Å². The minimum absolute atomic E-state index is 0. The van der Waals surface area contributed by atoms with Gasteiger partial charge in [-0.05, 0) is 19.3 Å². The second-order valence-corrected chi connectivity index (χ2v) is 8.56. The summed E-state index contributed by atoms with van der Waals surface area (Å²) in [6, 6.07) is 0.827. The van der Waals surface area contributed by atoms with Crippen LogP contribution in [0, 0.1) is 11.3 Å². The molecule has 3 heterocycles. The summed E-state index contributed by atoms with van der Waals surface area (Å²) in [6.45, 7) is 7.57. The minimum Gasteiger partial charge on any atom is -0.377 e. The number of fused-ring (bicyclic) bond motifs is 1. The molecule has 8 heteroatoms. The number of aliphatic imine (C=N–C) groups is 1. The fraction of sp³-hybridized carbons (Fsp3) is 0.789. The Morgan fingerprint density at radius 1 is 1.33 bits per heavy atom. The lowest BCUT2D eigenvalue weighted by molar-refractivity contribution is -0.106. The van der Waals surface area contributed by atoms with Crippen LogP contribution in [0.2, 0.25) is 0 Å². The third kappa shape index (κ3) is 3.92. The molecule has 1 aliphatic carbocycles.